The lowest BCUT2D eigenvalue weighted by molar-refractivity contribution is -0.152. The van der Waals surface area contributed by atoms with E-state index in [0.717, 1.165) is 24.8 Å². The second-order valence-corrected chi connectivity index (χ2v) is 7.07. The number of nitrogens with zero attached hydrogens (tertiary/aromatic N) is 2. The third-order valence-corrected chi connectivity index (χ3v) is 5.06. The van der Waals surface area contributed by atoms with Crippen LogP contribution in [0, 0.1) is 5.92 Å². The highest BCUT2D eigenvalue weighted by atomic mass is 16.2. The SMILES string of the molecule is CN(Cc1ccccc1)C(=O)C(=O)N1CCC(Cc2ccccc2)CC1. The monoisotopic (exact) mass is 350 g/mol. The van der Waals surface area contributed by atoms with Gasteiger partial charge in [-0.15, -0.1) is 0 Å². The molecule has 2 aromatic carbocycles. The fourth-order valence-electron chi connectivity index (χ4n) is 3.52. The third kappa shape index (κ3) is 4.72. The zero-order valence-corrected chi connectivity index (χ0v) is 15.3. The fourth-order valence-corrected chi connectivity index (χ4v) is 3.52. The number of rotatable bonds is 4. The summed E-state index contributed by atoms with van der Waals surface area (Å²) in [5, 5.41) is 0. The molecule has 0 bridgehead atoms. The van der Waals surface area contributed by atoms with Crippen LogP contribution in [0.15, 0.2) is 60.7 Å². The molecule has 0 aliphatic carbocycles. The van der Waals surface area contributed by atoms with Gasteiger partial charge in [0, 0.05) is 26.7 Å². The minimum atomic E-state index is -0.421. The van der Waals surface area contributed by atoms with E-state index >= 15 is 0 Å². The van der Waals surface area contributed by atoms with E-state index in [1.54, 1.807) is 11.9 Å². The Bertz CT molecular complexity index is 722. The van der Waals surface area contributed by atoms with E-state index in [0.29, 0.717) is 25.6 Å². The van der Waals surface area contributed by atoms with Crippen molar-refractivity contribution < 1.29 is 9.59 Å². The van der Waals surface area contributed by atoms with E-state index in [-0.39, 0.29) is 5.91 Å². The number of benzene rings is 2. The molecule has 4 nitrogen and oxygen atoms in total. The smallest absolute Gasteiger partial charge is 0.312 e. The molecule has 0 radical (unpaired) electrons. The largest absolute Gasteiger partial charge is 0.334 e. The Labute approximate surface area is 155 Å². The van der Waals surface area contributed by atoms with Crippen LogP contribution in [0.25, 0.3) is 0 Å². The van der Waals surface area contributed by atoms with Crippen LogP contribution in [0.2, 0.25) is 0 Å². The van der Waals surface area contributed by atoms with Crippen molar-refractivity contribution in [3.05, 3.63) is 71.8 Å². The van der Waals surface area contributed by atoms with Gasteiger partial charge in [0.25, 0.3) is 0 Å². The summed E-state index contributed by atoms with van der Waals surface area (Å²) in [5.74, 6) is -0.212. The molecule has 26 heavy (non-hydrogen) atoms. The zero-order chi connectivity index (χ0) is 18.4. The zero-order valence-electron chi connectivity index (χ0n) is 15.3. The minimum absolute atomic E-state index is 0.374. The highest BCUT2D eigenvalue weighted by molar-refractivity contribution is 6.34. The summed E-state index contributed by atoms with van der Waals surface area (Å²) in [6.45, 7) is 1.79. The average Bonchev–Trinajstić information content (AvgIpc) is 2.69. The van der Waals surface area contributed by atoms with Crippen molar-refractivity contribution in [2.45, 2.75) is 25.8 Å². The van der Waals surface area contributed by atoms with E-state index < -0.39 is 5.91 Å². The summed E-state index contributed by atoms with van der Waals surface area (Å²) in [7, 11) is 1.69. The molecule has 1 aliphatic heterocycles. The number of carbonyl (C=O) groups excluding carboxylic acids is 2. The van der Waals surface area contributed by atoms with Crippen molar-refractivity contribution >= 4 is 11.8 Å². The molecule has 2 amide bonds. The second-order valence-electron chi connectivity index (χ2n) is 7.07. The average molecular weight is 350 g/mol. The summed E-state index contributed by atoms with van der Waals surface area (Å²) in [6.07, 6.45) is 2.96. The lowest BCUT2D eigenvalue weighted by Crippen LogP contribution is -2.46. The minimum Gasteiger partial charge on any atom is -0.334 e. The summed E-state index contributed by atoms with van der Waals surface area (Å²) >= 11 is 0. The Morgan fingerprint density at radius 3 is 2.04 bits per heavy atom. The van der Waals surface area contributed by atoms with Crippen molar-refractivity contribution in [1.82, 2.24) is 9.80 Å². The van der Waals surface area contributed by atoms with Gasteiger partial charge in [0.15, 0.2) is 0 Å². The van der Waals surface area contributed by atoms with Gasteiger partial charge in [0.1, 0.15) is 0 Å². The van der Waals surface area contributed by atoms with Crippen molar-refractivity contribution in [2.75, 3.05) is 20.1 Å². The Morgan fingerprint density at radius 1 is 0.923 bits per heavy atom. The number of hydrogen-bond acceptors (Lipinski definition) is 2. The van der Waals surface area contributed by atoms with Gasteiger partial charge in [-0.05, 0) is 36.3 Å². The van der Waals surface area contributed by atoms with E-state index in [2.05, 4.69) is 24.3 Å². The maximum Gasteiger partial charge on any atom is 0.312 e. The first-order valence-corrected chi connectivity index (χ1v) is 9.25. The van der Waals surface area contributed by atoms with Gasteiger partial charge in [0.05, 0.1) is 0 Å². The van der Waals surface area contributed by atoms with Crippen LogP contribution in [0.5, 0.6) is 0 Å². The Morgan fingerprint density at radius 2 is 1.46 bits per heavy atom. The van der Waals surface area contributed by atoms with Crippen LogP contribution in [0.4, 0.5) is 0 Å². The van der Waals surface area contributed by atoms with E-state index in [9.17, 15) is 9.59 Å². The molecule has 4 heteroatoms. The number of likely N-dealkylation sites (tertiary alicyclic amines) is 1. The highest BCUT2D eigenvalue weighted by Gasteiger charge is 2.29. The Hall–Kier alpha value is -2.62. The molecule has 0 aromatic heterocycles. The number of likely N-dealkylation sites (N-methyl/N-ethyl adjacent to an activating group) is 1. The molecule has 0 saturated carbocycles. The van der Waals surface area contributed by atoms with Crippen molar-refractivity contribution in [3.8, 4) is 0 Å². The molecule has 0 spiro atoms. The van der Waals surface area contributed by atoms with Gasteiger partial charge in [-0.2, -0.15) is 0 Å². The van der Waals surface area contributed by atoms with Crippen LogP contribution in [-0.4, -0.2) is 41.8 Å². The molecular weight excluding hydrogens is 324 g/mol. The lowest BCUT2D eigenvalue weighted by Gasteiger charge is -2.32. The number of hydrogen-bond donors (Lipinski definition) is 0. The molecule has 0 N–H and O–H groups in total. The normalized spacial score (nSPS) is 14.9. The predicted octanol–water partition coefficient (Wildman–Crippen LogP) is 3.13. The number of carbonyl (C=O) groups is 2. The standard InChI is InChI=1S/C22H26N2O2/c1-23(17-20-10-6-3-7-11-20)21(25)22(26)24-14-12-19(13-15-24)16-18-8-4-2-5-9-18/h2-11,19H,12-17H2,1H3. The van der Waals surface area contributed by atoms with E-state index in [1.165, 1.54) is 10.5 Å². The summed E-state index contributed by atoms with van der Waals surface area (Å²) < 4.78 is 0. The van der Waals surface area contributed by atoms with Gasteiger partial charge in [0.2, 0.25) is 0 Å². The molecule has 1 saturated heterocycles. The first kappa shape index (κ1) is 18.2. The lowest BCUT2D eigenvalue weighted by atomic mass is 9.90. The first-order valence-electron chi connectivity index (χ1n) is 9.25. The molecule has 136 valence electrons. The summed E-state index contributed by atoms with van der Waals surface area (Å²) in [6, 6.07) is 20.2. The molecule has 1 heterocycles. The molecule has 0 atom stereocenters. The van der Waals surface area contributed by atoms with Crippen LogP contribution in [-0.2, 0) is 22.6 Å². The Kier molecular flexibility index (Phi) is 6.05. The Balaban J connectivity index is 1.49. The van der Waals surface area contributed by atoms with Crippen molar-refractivity contribution in [2.24, 2.45) is 5.92 Å². The topological polar surface area (TPSA) is 40.6 Å². The highest BCUT2D eigenvalue weighted by Crippen LogP contribution is 2.22. The summed E-state index contributed by atoms with van der Waals surface area (Å²) in [5.41, 5.74) is 2.37. The molecule has 0 unspecified atom stereocenters. The molecule has 1 aliphatic rings. The number of piperidine rings is 1. The summed E-state index contributed by atoms with van der Waals surface area (Å²) in [4.78, 5) is 28.2. The fraction of sp³-hybridized carbons (Fsp3) is 0.364. The molecule has 2 aromatic rings. The van der Waals surface area contributed by atoms with Crippen LogP contribution in [0.3, 0.4) is 0 Å². The second kappa shape index (κ2) is 8.65. The van der Waals surface area contributed by atoms with Crippen LogP contribution < -0.4 is 0 Å². The molecular formula is C22H26N2O2. The van der Waals surface area contributed by atoms with Gasteiger partial charge < -0.3 is 9.80 Å². The van der Waals surface area contributed by atoms with Gasteiger partial charge in [-0.25, -0.2) is 0 Å². The maximum atomic E-state index is 12.5. The molecule has 3 rings (SSSR count). The maximum absolute atomic E-state index is 12.5. The third-order valence-electron chi connectivity index (χ3n) is 5.06. The first-order chi connectivity index (χ1) is 12.6. The van der Waals surface area contributed by atoms with Gasteiger partial charge >= 0.3 is 11.8 Å². The number of amides is 2. The van der Waals surface area contributed by atoms with Gasteiger partial charge in [-0.1, -0.05) is 60.7 Å². The van der Waals surface area contributed by atoms with Gasteiger partial charge in [-0.3, -0.25) is 9.59 Å². The van der Waals surface area contributed by atoms with Crippen molar-refractivity contribution in [1.29, 1.82) is 0 Å². The van der Waals surface area contributed by atoms with Crippen molar-refractivity contribution in [3.63, 3.8) is 0 Å². The van der Waals surface area contributed by atoms with E-state index in [4.69, 9.17) is 0 Å². The molecule has 1 fully saturated rings. The quantitative estimate of drug-likeness (QED) is 0.795. The van der Waals surface area contributed by atoms with Crippen LogP contribution >= 0.6 is 0 Å². The predicted molar refractivity (Wildman–Crippen MR) is 102 cm³/mol. The van der Waals surface area contributed by atoms with Crippen LogP contribution in [0.1, 0.15) is 24.0 Å². The van der Waals surface area contributed by atoms with E-state index in [1.807, 2.05) is 36.4 Å².